The highest BCUT2D eigenvalue weighted by Crippen LogP contribution is 2.51. The van der Waals surface area contributed by atoms with Crippen LogP contribution in [-0.4, -0.2) is 0 Å². The van der Waals surface area contributed by atoms with E-state index in [-0.39, 0.29) is 5.41 Å². The van der Waals surface area contributed by atoms with E-state index in [0.717, 1.165) is 50.1 Å². The van der Waals surface area contributed by atoms with Gasteiger partial charge in [0.25, 0.3) is 0 Å². The molecule has 0 unspecified atom stereocenters. The van der Waals surface area contributed by atoms with Crippen LogP contribution in [0.4, 0.5) is 17.1 Å². The van der Waals surface area contributed by atoms with E-state index < -0.39 is 0 Å². The molecule has 0 saturated carbocycles. The van der Waals surface area contributed by atoms with Gasteiger partial charge in [-0.05, 0) is 121 Å². The van der Waals surface area contributed by atoms with Crippen LogP contribution in [0, 0.1) is 0 Å². The average molecular weight is 730 g/mol. The minimum Gasteiger partial charge on any atom is -0.456 e. The van der Waals surface area contributed by atoms with Crippen LogP contribution in [-0.2, 0) is 5.41 Å². The zero-order valence-electron chi connectivity index (χ0n) is 31.9. The maximum Gasteiger partial charge on any atom is 0.136 e. The Morgan fingerprint density at radius 3 is 1.75 bits per heavy atom. The molecule has 9 aromatic carbocycles. The second-order valence-electron chi connectivity index (χ2n) is 15.7. The number of hydrogen-bond acceptors (Lipinski definition) is 2. The van der Waals surface area contributed by atoms with Crippen LogP contribution < -0.4 is 4.90 Å². The van der Waals surface area contributed by atoms with Crippen LogP contribution in [0.2, 0.25) is 0 Å². The summed E-state index contributed by atoms with van der Waals surface area (Å²) in [4.78, 5) is 2.40. The molecule has 1 aliphatic carbocycles. The Bertz CT molecular complexity index is 3140. The van der Waals surface area contributed by atoms with Crippen LogP contribution in [0.1, 0.15) is 25.0 Å². The van der Waals surface area contributed by atoms with E-state index in [1.165, 1.54) is 55.3 Å². The lowest BCUT2D eigenvalue weighted by Gasteiger charge is -2.28. The topological polar surface area (TPSA) is 16.4 Å². The third-order valence-corrected chi connectivity index (χ3v) is 12.1. The quantitative estimate of drug-likeness (QED) is 0.169. The molecular formula is C55H39NO. The zero-order valence-corrected chi connectivity index (χ0v) is 31.9. The molecule has 1 aromatic heterocycles. The molecule has 1 aliphatic rings. The van der Waals surface area contributed by atoms with Gasteiger partial charge >= 0.3 is 0 Å². The first-order chi connectivity index (χ1) is 28.0. The van der Waals surface area contributed by atoms with Gasteiger partial charge in [-0.15, -0.1) is 0 Å². The SMILES string of the molecule is CC1(C)c2ccccc2-c2ccc(N(c3ccc(-c4ccccc4)cc3)c3cccc(-c4ccc5oc6cc(-c7ccccc7)c7ccccc7c6c5c4)c3)cc21. The highest BCUT2D eigenvalue weighted by atomic mass is 16.3. The second-order valence-corrected chi connectivity index (χ2v) is 15.7. The lowest BCUT2D eigenvalue weighted by molar-refractivity contribution is 0.660. The van der Waals surface area contributed by atoms with E-state index in [4.69, 9.17) is 4.42 Å². The first-order valence-corrected chi connectivity index (χ1v) is 19.8. The van der Waals surface area contributed by atoms with E-state index in [0.29, 0.717) is 0 Å². The Hall–Kier alpha value is -7.16. The first kappa shape index (κ1) is 33.2. The van der Waals surface area contributed by atoms with Crippen molar-refractivity contribution < 1.29 is 4.42 Å². The molecule has 11 rings (SSSR count). The maximum atomic E-state index is 6.60. The molecule has 270 valence electrons. The van der Waals surface area contributed by atoms with Crippen LogP contribution >= 0.6 is 0 Å². The lowest BCUT2D eigenvalue weighted by atomic mass is 9.82. The van der Waals surface area contributed by atoms with Crippen molar-refractivity contribution in [1.82, 2.24) is 0 Å². The fourth-order valence-corrected chi connectivity index (χ4v) is 9.21. The maximum absolute atomic E-state index is 6.60. The second kappa shape index (κ2) is 13.0. The van der Waals surface area contributed by atoms with Crippen molar-refractivity contribution >= 4 is 49.8 Å². The predicted octanol–water partition coefficient (Wildman–Crippen LogP) is 15.5. The van der Waals surface area contributed by atoms with Crippen molar-refractivity contribution in [3.8, 4) is 44.5 Å². The molecule has 0 aliphatic heterocycles. The van der Waals surface area contributed by atoms with Gasteiger partial charge in [-0.1, -0.05) is 159 Å². The molecule has 1 heterocycles. The summed E-state index contributed by atoms with van der Waals surface area (Å²) in [5, 5.41) is 4.70. The van der Waals surface area contributed by atoms with Crippen molar-refractivity contribution in [2.75, 3.05) is 4.90 Å². The normalized spacial score (nSPS) is 12.9. The Morgan fingerprint density at radius 1 is 0.351 bits per heavy atom. The summed E-state index contributed by atoms with van der Waals surface area (Å²) in [5.41, 5.74) is 17.5. The highest BCUT2D eigenvalue weighted by molar-refractivity contribution is 6.22. The van der Waals surface area contributed by atoms with Crippen molar-refractivity contribution in [2.45, 2.75) is 19.3 Å². The van der Waals surface area contributed by atoms with Gasteiger partial charge in [0, 0.05) is 33.2 Å². The summed E-state index contributed by atoms with van der Waals surface area (Å²) in [6.07, 6.45) is 0. The van der Waals surface area contributed by atoms with Crippen molar-refractivity contribution in [1.29, 1.82) is 0 Å². The molecule has 10 aromatic rings. The minimum atomic E-state index is -0.110. The van der Waals surface area contributed by atoms with Gasteiger partial charge in [0.05, 0.1) is 0 Å². The Morgan fingerprint density at radius 2 is 0.947 bits per heavy atom. The van der Waals surface area contributed by atoms with Gasteiger partial charge in [-0.25, -0.2) is 0 Å². The molecule has 0 spiro atoms. The molecule has 0 radical (unpaired) electrons. The average Bonchev–Trinajstić information content (AvgIpc) is 3.75. The number of rotatable bonds is 6. The summed E-state index contributed by atoms with van der Waals surface area (Å²) in [5.74, 6) is 0. The van der Waals surface area contributed by atoms with E-state index in [1.807, 2.05) is 0 Å². The van der Waals surface area contributed by atoms with Gasteiger partial charge < -0.3 is 9.32 Å². The predicted molar refractivity (Wildman–Crippen MR) is 240 cm³/mol. The molecule has 0 amide bonds. The fraction of sp³-hybridized carbons (Fsp3) is 0.0545. The van der Waals surface area contributed by atoms with Gasteiger partial charge in [-0.2, -0.15) is 0 Å². The largest absolute Gasteiger partial charge is 0.456 e. The highest BCUT2D eigenvalue weighted by Gasteiger charge is 2.35. The van der Waals surface area contributed by atoms with Crippen molar-refractivity contribution in [3.05, 3.63) is 211 Å². The summed E-state index contributed by atoms with van der Waals surface area (Å²) in [7, 11) is 0. The summed E-state index contributed by atoms with van der Waals surface area (Å²) in [6, 6.07) is 72.5. The molecule has 2 heteroatoms. The monoisotopic (exact) mass is 729 g/mol. The van der Waals surface area contributed by atoms with E-state index >= 15 is 0 Å². The standard InChI is InChI=1S/C55H39NO/c1-55(2)50-23-12-11-21-45(50)46-30-29-43(34-51(46)55)56(41-27-24-37(25-28-41)36-14-5-3-6-15-36)42-19-13-18-39(32-42)40-26-31-52-49(33-40)54-47-22-10-9-20-44(47)48(35-53(54)57-52)38-16-7-4-8-17-38/h3-35H,1-2H3. The smallest absolute Gasteiger partial charge is 0.136 e. The van der Waals surface area contributed by atoms with E-state index in [9.17, 15) is 0 Å². The fourth-order valence-electron chi connectivity index (χ4n) is 9.21. The summed E-state index contributed by atoms with van der Waals surface area (Å²) < 4.78 is 6.60. The van der Waals surface area contributed by atoms with Gasteiger partial charge in [0.1, 0.15) is 11.2 Å². The number of hydrogen-bond donors (Lipinski definition) is 0. The van der Waals surface area contributed by atoms with E-state index in [2.05, 4.69) is 219 Å². The molecule has 0 bridgehead atoms. The Balaban J connectivity index is 1.05. The van der Waals surface area contributed by atoms with Gasteiger partial charge in [0.2, 0.25) is 0 Å². The molecular weight excluding hydrogens is 691 g/mol. The molecule has 57 heavy (non-hydrogen) atoms. The third kappa shape index (κ3) is 5.40. The van der Waals surface area contributed by atoms with Crippen LogP contribution in [0.3, 0.4) is 0 Å². The molecule has 0 saturated heterocycles. The Kier molecular flexibility index (Phi) is 7.55. The molecule has 0 atom stereocenters. The van der Waals surface area contributed by atoms with E-state index in [1.54, 1.807) is 0 Å². The van der Waals surface area contributed by atoms with Gasteiger partial charge in [0.15, 0.2) is 0 Å². The summed E-state index contributed by atoms with van der Waals surface area (Å²) in [6.45, 7) is 4.70. The molecule has 0 N–H and O–H groups in total. The number of anilines is 3. The van der Waals surface area contributed by atoms with Crippen LogP contribution in [0.25, 0.3) is 77.2 Å². The van der Waals surface area contributed by atoms with Crippen LogP contribution in [0.15, 0.2) is 205 Å². The van der Waals surface area contributed by atoms with Crippen molar-refractivity contribution in [3.63, 3.8) is 0 Å². The number of benzene rings is 9. The molecule has 2 nitrogen and oxygen atoms in total. The number of nitrogens with zero attached hydrogens (tertiary/aromatic N) is 1. The number of furan rings is 1. The van der Waals surface area contributed by atoms with Crippen LogP contribution in [0.5, 0.6) is 0 Å². The van der Waals surface area contributed by atoms with Crippen molar-refractivity contribution in [2.24, 2.45) is 0 Å². The van der Waals surface area contributed by atoms with Gasteiger partial charge in [-0.3, -0.25) is 0 Å². The summed E-state index contributed by atoms with van der Waals surface area (Å²) >= 11 is 0. The lowest BCUT2D eigenvalue weighted by Crippen LogP contribution is -2.16. The third-order valence-electron chi connectivity index (χ3n) is 12.1. The Labute approximate surface area is 332 Å². The number of fused-ring (bicyclic) bond motifs is 8. The molecule has 0 fully saturated rings. The zero-order chi connectivity index (χ0) is 38.1. The first-order valence-electron chi connectivity index (χ1n) is 19.8. The minimum absolute atomic E-state index is 0.110.